The number of rotatable bonds is 3. The Bertz CT molecular complexity index is 558. The van der Waals surface area contributed by atoms with Crippen LogP contribution in [0.3, 0.4) is 0 Å². The molecular weight excluding hydrogens is 270 g/mol. The van der Waals surface area contributed by atoms with Crippen LogP contribution in [0.2, 0.25) is 0 Å². The maximum Gasteiger partial charge on any atom is 0.243 e. The Morgan fingerprint density at radius 3 is 2.25 bits per heavy atom. The third kappa shape index (κ3) is 3.23. The smallest absolute Gasteiger partial charge is 0.207 e. The topological polar surface area (TPSA) is 37.4 Å². The molecule has 0 amide bonds. The molecule has 0 N–H and O–H groups in total. The van der Waals surface area contributed by atoms with E-state index < -0.39 is 10.0 Å². The summed E-state index contributed by atoms with van der Waals surface area (Å²) in [5, 5.41) is 0. The lowest BCUT2D eigenvalue weighted by Gasteiger charge is -2.27. The number of hydrogen-bond donors (Lipinski definition) is 0. The molecule has 1 aromatic carbocycles. The van der Waals surface area contributed by atoms with Gasteiger partial charge in [0, 0.05) is 13.1 Å². The molecule has 3 nitrogen and oxygen atoms in total. The van der Waals surface area contributed by atoms with Gasteiger partial charge in [-0.25, -0.2) is 8.42 Å². The molecule has 20 heavy (non-hydrogen) atoms. The summed E-state index contributed by atoms with van der Waals surface area (Å²) in [5.41, 5.74) is 1.82. The molecule has 1 aromatic rings. The maximum absolute atomic E-state index is 12.8. The van der Waals surface area contributed by atoms with Crippen LogP contribution in [0.1, 0.15) is 49.7 Å². The van der Waals surface area contributed by atoms with Crippen LogP contribution in [0, 0.1) is 13.8 Å². The number of nitrogens with zero attached hydrogens (tertiary/aromatic N) is 1. The molecule has 4 heteroatoms. The summed E-state index contributed by atoms with van der Waals surface area (Å²) in [6, 6.07) is 5.79. The number of aryl methyl sites for hydroxylation is 2. The van der Waals surface area contributed by atoms with E-state index in [0.717, 1.165) is 36.8 Å². The van der Waals surface area contributed by atoms with Crippen molar-refractivity contribution in [2.45, 2.75) is 63.3 Å². The molecule has 2 rings (SSSR count). The normalized spacial score (nSPS) is 18.2. The van der Waals surface area contributed by atoms with E-state index in [1.54, 1.807) is 17.4 Å². The van der Waals surface area contributed by atoms with E-state index in [1.165, 1.54) is 12.8 Å². The summed E-state index contributed by atoms with van der Waals surface area (Å²) in [5.74, 6) is 0. The Labute approximate surface area is 123 Å². The van der Waals surface area contributed by atoms with Gasteiger partial charge in [-0.3, -0.25) is 0 Å². The Hall–Kier alpha value is -0.870. The van der Waals surface area contributed by atoms with E-state index >= 15 is 0 Å². The van der Waals surface area contributed by atoms with Gasteiger partial charge < -0.3 is 0 Å². The first-order chi connectivity index (χ1) is 9.43. The highest BCUT2D eigenvalue weighted by Crippen LogP contribution is 2.27. The molecule has 0 aromatic heterocycles. The predicted molar refractivity (Wildman–Crippen MR) is 82.4 cm³/mol. The van der Waals surface area contributed by atoms with Gasteiger partial charge in [0.05, 0.1) is 4.90 Å². The molecule has 1 saturated carbocycles. The van der Waals surface area contributed by atoms with Crippen molar-refractivity contribution in [2.24, 2.45) is 0 Å². The largest absolute Gasteiger partial charge is 0.243 e. The predicted octanol–water partition coefficient (Wildman–Crippen LogP) is 3.65. The molecule has 1 aliphatic carbocycles. The third-order valence-electron chi connectivity index (χ3n) is 4.34. The van der Waals surface area contributed by atoms with Crippen LogP contribution in [0.25, 0.3) is 0 Å². The van der Waals surface area contributed by atoms with Crippen LogP contribution < -0.4 is 0 Å². The van der Waals surface area contributed by atoms with Crippen LogP contribution in [-0.2, 0) is 10.0 Å². The zero-order valence-electron chi connectivity index (χ0n) is 12.7. The van der Waals surface area contributed by atoms with Gasteiger partial charge in [-0.2, -0.15) is 4.31 Å². The van der Waals surface area contributed by atoms with Gasteiger partial charge >= 0.3 is 0 Å². The fraction of sp³-hybridized carbons (Fsp3) is 0.625. The molecule has 0 atom stereocenters. The molecular formula is C16H25NO2S. The van der Waals surface area contributed by atoms with Gasteiger partial charge in [-0.1, -0.05) is 37.8 Å². The standard InChI is InChI=1S/C16H25NO2S/c1-13-10-11-14(2)16(12-13)20(18,19)17(3)15-8-6-4-5-7-9-15/h10-12,15H,4-9H2,1-3H3. The summed E-state index contributed by atoms with van der Waals surface area (Å²) < 4.78 is 27.3. The first-order valence-corrected chi connectivity index (χ1v) is 8.92. The average molecular weight is 295 g/mol. The molecule has 0 radical (unpaired) electrons. The van der Waals surface area contributed by atoms with E-state index in [1.807, 2.05) is 26.0 Å². The second-order valence-electron chi connectivity index (χ2n) is 5.94. The highest BCUT2D eigenvalue weighted by Gasteiger charge is 2.29. The van der Waals surface area contributed by atoms with Crippen molar-refractivity contribution < 1.29 is 8.42 Å². The Morgan fingerprint density at radius 1 is 1.05 bits per heavy atom. The van der Waals surface area contributed by atoms with E-state index in [2.05, 4.69) is 0 Å². The Kier molecular flexibility index (Phi) is 4.86. The second-order valence-corrected chi connectivity index (χ2v) is 7.90. The maximum atomic E-state index is 12.8. The molecule has 1 fully saturated rings. The van der Waals surface area contributed by atoms with Crippen molar-refractivity contribution in [2.75, 3.05) is 7.05 Å². The van der Waals surface area contributed by atoms with Crippen LogP contribution in [0.15, 0.2) is 23.1 Å². The van der Waals surface area contributed by atoms with Crippen molar-refractivity contribution in [3.63, 3.8) is 0 Å². The summed E-state index contributed by atoms with van der Waals surface area (Å²) in [4.78, 5) is 0.462. The first kappa shape index (κ1) is 15.5. The van der Waals surface area contributed by atoms with Gasteiger partial charge in [0.25, 0.3) is 0 Å². The second kappa shape index (κ2) is 6.27. The van der Waals surface area contributed by atoms with Crippen LogP contribution in [0.4, 0.5) is 0 Å². The van der Waals surface area contributed by atoms with Crippen molar-refractivity contribution in [1.29, 1.82) is 0 Å². The first-order valence-electron chi connectivity index (χ1n) is 7.48. The van der Waals surface area contributed by atoms with Gasteiger partial charge in [-0.15, -0.1) is 0 Å². The van der Waals surface area contributed by atoms with Crippen LogP contribution in [-0.4, -0.2) is 25.8 Å². The van der Waals surface area contributed by atoms with E-state index in [-0.39, 0.29) is 6.04 Å². The number of benzene rings is 1. The lowest BCUT2D eigenvalue weighted by molar-refractivity contribution is 0.335. The van der Waals surface area contributed by atoms with Crippen molar-refractivity contribution in [3.05, 3.63) is 29.3 Å². The SMILES string of the molecule is Cc1ccc(C)c(S(=O)(=O)N(C)C2CCCCCC2)c1. The van der Waals surface area contributed by atoms with Crippen molar-refractivity contribution >= 4 is 10.0 Å². The Balaban J connectivity index is 2.31. The molecule has 0 heterocycles. The molecule has 112 valence electrons. The highest BCUT2D eigenvalue weighted by molar-refractivity contribution is 7.89. The zero-order valence-corrected chi connectivity index (χ0v) is 13.5. The fourth-order valence-electron chi connectivity index (χ4n) is 2.96. The molecule has 0 saturated heterocycles. The van der Waals surface area contributed by atoms with Gasteiger partial charge in [0.2, 0.25) is 10.0 Å². The average Bonchev–Trinajstić information content (AvgIpc) is 2.69. The lowest BCUT2D eigenvalue weighted by Crippen LogP contribution is -2.37. The minimum atomic E-state index is -3.37. The van der Waals surface area contributed by atoms with Crippen LogP contribution in [0.5, 0.6) is 0 Å². The zero-order chi connectivity index (χ0) is 14.8. The lowest BCUT2D eigenvalue weighted by atomic mass is 10.1. The summed E-state index contributed by atoms with van der Waals surface area (Å²) in [6.45, 7) is 3.80. The monoisotopic (exact) mass is 295 g/mol. The number of sulfonamides is 1. The van der Waals surface area contributed by atoms with E-state index in [0.29, 0.717) is 4.90 Å². The fourth-order valence-corrected chi connectivity index (χ4v) is 4.68. The highest BCUT2D eigenvalue weighted by atomic mass is 32.2. The molecule has 0 aliphatic heterocycles. The van der Waals surface area contributed by atoms with Crippen molar-refractivity contribution in [1.82, 2.24) is 4.31 Å². The minimum absolute atomic E-state index is 0.155. The van der Waals surface area contributed by atoms with Gasteiger partial charge in [-0.05, 0) is 43.9 Å². The number of hydrogen-bond acceptors (Lipinski definition) is 2. The third-order valence-corrected chi connectivity index (χ3v) is 6.39. The van der Waals surface area contributed by atoms with Crippen molar-refractivity contribution in [3.8, 4) is 0 Å². The quantitative estimate of drug-likeness (QED) is 0.798. The summed E-state index contributed by atoms with van der Waals surface area (Å²) in [7, 11) is -1.63. The molecule has 1 aliphatic rings. The summed E-state index contributed by atoms with van der Waals surface area (Å²) >= 11 is 0. The van der Waals surface area contributed by atoms with Crippen LogP contribution >= 0.6 is 0 Å². The van der Waals surface area contributed by atoms with E-state index in [4.69, 9.17) is 0 Å². The van der Waals surface area contributed by atoms with Gasteiger partial charge in [0.15, 0.2) is 0 Å². The minimum Gasteiger partial charge on any atom is -0.207 e. The summed E-state index contributed by atoms with van der Waals surface area (Å²) in [6.07, 6.45) is 6.71. The molecule has 0 bridgehead atoms. The molecule has 0 unspecified atom stereocenters. The Morgan fingerprint density at radius 2 is 1.65 bits per heavy atom. The van der Waals surface area contributed by atoms with Gasteiger partial charge in [0.1, 0.15) is 0 Å². The molecule has 0 spiro atoms. The van der Waals surface area contributed by atoms with E-state index in [9.17, 15) is 8.42 Å².